The molecular formula is C20H21N3O3S. The minimum Gasteiger partial charge on any atom is -0.493 e. The third-order valence-corrected chi connectivity index (χ3v) is 5.88. The molecule has 0 fully saturated rings. The van der Waals surface area contributed by atoms with Gasteiger partial charge in [0.25, 0.3) is 5.56 Å². The third kappa shape index (κ3) is 3.35. The monoisotopic (exact) mass is 383 g/mol. The topological polar surface area (TPSA) is 65.7 Å². The Bertz CT molecular complexity index is 1070. The lowest BCUT2D eigenvalue weighted by Gasteiger charge is -2.10. The van der Waals surface area contributed by atoms with Gasteiger partial charge in [-0.05, 0) is 61.9 Å². The Morgan fingerprint density at radius 2 is 2.15 bits per heavy atom. The number of thiophene rings is 1. The van der Waals surface area contributed by atoms with E-state index < -0.39 is 0 Å². The highest BCUT2D eigenvalue weighted by Crippen LogP contribution is 2.33. The number of nitrogens with zero attached hydrogens (tertiary/aromatic N) is 3. The first-order valence-electron chi connectivity index (χ1n) is 9.08. The smallest absolute Gasteiger partial charge is 0.282 e. The van der Waals surface area contributed by atoms with Gasteiger partial charge in [0.2, 0.25) is 0 Å². The maximum atomic E-state index is 12.9. The van der Waals surface area contributed by atoms with Gasteiger partial charge in [-0.15, -0.1) is 11.3 Å². The lowest BCUT2D eigenvalue weighted by Crippen LogP contribution is -2.18. The summed E-state index contributed by atoms with van der Waals surface area (Å²) < 4.78 is 12.2. The zero-order chi connectivity index (χ0) is 18.8. The van der Waals surface area contributed by atoms with Crippen LogP contribution in [0.1, 0.15) is 35.8 Å². The van der Waals surface area contributed by atoms with E-state index in [1.807, 2.05) is 25.1 Å². The molecule has 1 aliphatic carbocycles. The molecule has 0 atom stereocenters. The number of hydrogen-bond acceptors (Lipinski definition) is 6. The molecule has 1 aliphatic rings. The molecule has 0 spiro atoms. The van der Waals surface area contributed by atoms with Crippen LogP contribution in [0, 0.1) is 0 Å². The highest BCUT2D eigenvalue weighted by atomic mass is 32.1. The van der Waals surface area contributed by atoms with Gasteiger partial charge < -0.3 is 9.47 Å². The molecule has 4 rings (SSSR count). The zero-order valence-electron chi connectivity index (χ0n) is 15.4. The zero-order valence-corrected chi connectivity index (χ0v) is 16.2. The quantitative estimate of drug-likeness (QED) is 0.631. The van der Waals surface area contributed by atoms with Gasteiger partial charge in [-0.1, -0.05) is 0 Å². The highest BCUT2D eigenvalue weighted by Gasteiger charge is 2.19. The maximum Gasteiger partial charge on any atom is 0.282 e. The molecule has 140 valence electrons. The summed E-state index contributed by atoms with van der Waals surface area (Å²) in [4.78, 5) is 19.5. The van der Waals surface area contributed by atoms with Gasteiger partial charge in [0.15, 0.2) is 11.5 Å². The molecule has 27 heavy (non-hydrogen) atoms. The standard InChI is InChI=1S/C20H21N3O3S/c1-3-26-15-9-8-13(10-16(15)25-2)11-22-23-12-21-19-18(20(23)24)14-6-4-5-7-17(14)27-19/h8-12H,3-7H2,1-2H3. The lowest BCUT2D eigenvalue weighted by molar-refractivity contribution is 0.311. The summed E-state index contributed by atoms with van der Waals surface area (Å²) in [7, 11) is 1.60. The van der Waals surface area contributed by atoms with Crippen LogP contribution in [0.3, 0.4) is 0 Å². The summed E-state index contributed by atoms with van der Waals surface area (Å²) in [5, 5.41) is 5.07. The van der Waals surface area contributed by atoms with Crippen LogP contribution in [-0.2, 0) is 12.8 Å². The second kappa shape index (κ2) is 7.52. The van der Waals surface area contributed by atoms with Gasteiger partial charge in [0.1, 0.15) is 11.2 Å². The highest BCUT2D eigenvalue weighted by molar-refractivity contribution is 7.18. The number of aromatic nitrogens is 2. The van der Waals surface area contributed by atoms with Gasteiger partial charge in [0, 0.05) is 4.88 Å². The summed E-state index contributed by atoms with van der Waals surface area (Å²) in [5.41, 5.74) is 1.88. The van der Waals surface area contributed by atoms with Crippen molar-refractivity contribution in [3.8, 4) is 11.5 Å². The number of hydrogen-bond donors (Lipinski definition) is 0. The largest absolute Gasteiger partial charge is 0.493 e. The number of fused-ring (bicyclic) bond motifs is 3. The van der Waals surface area contributed by atoms with Crippen LogP contribution in [0.2, 0.25) is 0 Å². The fourth-order valence-electron chi connectivity index (χ4n) is 3.39. The molecule has 2 aromatic heterocycles. The maximum absolute atomic E-state index is 12.9. The molecule has 3 aromatic rings. The molecule has 6 nitrogen and oxygen atoms in total. The Hall–Kier alpha value is -2.67. The van der Waals surface area contributed by atoms with Gasteiger partial charge in [-0.3, -0.25) is 4.79 Å². The van der Waals surface area contributed by atoms with Crippen molar-refractivity contribution < 1.29 is 9.47 Å². The number of aryl methyl sites for hydroxylation is 2. The molecule has 2 heterocycles. The van der Waals surface area contributed by atoms with Crippen LogP contribution in [0.4, 0.5) is 0 Å². The van der Waals surface area contributed by atoms with E-state index in [2.05, 4.69) is 10.1 Å². The van der Waals surface area contributed by atoms with Crippen LogP contribution in [0.15, 0.2) is 34.4 Å². The summed E-state index contributed by atoms with van der Waals surface area (Å²) >= 11 is 1.64. The van der Waals surface area contributed by atoms with Crippen LogP contribution in [-0.4, -0.2) is 29.6 Å². The van der Waals surface area contributed by atoms with Crippen molar-refractivity contribution in [2.75, 3.05) is 13.7 Å². The van der Waals surface area contributed by atoms with Crippen molar-refractivity contribution >= 4 is 27.8 Å². The third-order valence-electron chi connectivity index (χ3n) is 4.68. The van der Waals surface area contributed by atoms with Crippen molar-refractivity contribution in [1.82, 2.24) is 9.66 Å². The molecule has 0 aliphatic heterocycles. The van der Waals surface area contributed by atoms with Crippen molar-refractivity contribution in [2.45, 2.75) is 32.6 Å². The average Bonchev–Trinajstić information content (AvgIpc) is 3.08. The van der Waals surface area contributed by atoms with Crippen molar-refractivity contribution in [1.29, 1.82) is 0 Å². The minimum atomic E-state index is -0.103. The van der Waals surface area contributed by atoms with E-state index in [0.29, 0.717) is 18.1 Å². The van der Waals surface area contributed by atoms with Crippen LogP contribution < -0.4 is 15.0 Å². The van der Waals surface area contributed by atoms with E-state index in [1.54, 1.807) is 24.7 Å². The Labute approximate surface area is 161 Å². The number of methoxy groups -OCH3 is 1. The molecule has 0 amide bonds. The molecule has 0 unspecified atom stereocenters. The van der Waals surface area contributed by atoms with E-state index >= 15 is 0 Å². The number of benzene rings is 1. The fraction of sp³-hybridized carbons (Fsp3) is 0.350. The van der Waals surface area contributed by atoms with E-state index in [-0.39, 0.29) is 5.56 Å². The minimum absolute atomic E-state index is 0.103. The fourth-order valence-corrected chi connectivity index (χ4v) is 4.61. The Balaban J connectivity index is 1.69. The van der Waals surface area contributed by atoms with Crippen LogP contribution in [0.25, 0.3) is 10.2 Å². The van der Waals surface area contributed by atoms with Gasteiger partial charge in [-0.2, -0.15) is 9.78 Å². The van der Waals surface area contributed by atoms with E-state index in [9.17, 15) is 4.79 Å². The first-order valence-corrected chi connectivity index (χ1v) is 9.90. The average molecular weight is 383 g/mol. The molecular weight excluding hydrogens is 362 g/mol. The number of ether oxygens (including phenoxy) is 2. The predicted molar refractivity (Wildman–Crippen MR) is 108 cm³/mol. The van der Waals surface area contributed by atoms with E-state index in [1.165, 1.54) is 27.9 Å². The molecule has 0 bridgehead atoms. The van der Waals surface area contributed by atoms with Crippen LogP contribution >= 0.6 is 11.3 Å². The second-order valence-corrected chi connectivity index (χ2v) is 7.46. The Kier molecular flexibility index (Phi) is 4.94. The molecule has 7 heteroatoms. The van der Waals surface area contributed by atoms with E-state index in [0.717, 1.165) is 35.0 Å². The first kappa shape index (κ1) is 17.7. The SMILES string of the molecule is CCOc1ccc(C=Nn2cnc3sc4c(c3c2=O)CCCC4)cc1OC. The molecule has 0 radical (unpaired) electrons. The predicted octanol–water partition coefficient (Wildman–Crippen LogP) is 3.63. The van der Waals surface area contributed by atoms with Crippen molar-refractivity contribution in [3.63, 3.8) is 0 Å². The lowest BCUT2D eigenvalue weighted by atomic mass is 9.97. The van der Waals surface area contributed by atoms with Crippen molar-refractivity contribution in [2.24, 2.45) is 5.10 Å². The second-order valence-electron chi connectivity index (χ2n) is 6.37. The number of rotatable bonds is 5. The Morgan fingerprint density at radius 1 is 1.30 bits per heavy atom. The first-order chi connectivity index (χ1) is 13.2. The van der Waals surface area contributed by atoms with Crippen molar-refractivity contribution in [3.05, 3.63) is 50.9 Å². The summed E-state index contributed by atoms with van der Waals surface area (Å²) in [6.45, 7) is 2.49. The van der Waals surface area contributed by atoms with E-state index in [4.69, 9.17) is 9.47 Å². The van der Waals surface area contributed by atoms with Gasteiger partial charge >= 0.3 is 0 Å². The van der Waals surface area contributed by atoms with Gasteiger partial charge in [-0.25, -0.2) is 4.98 Å². The molecule has 0 saturated carbocycles. The summed E-state index contributed by atoms with van der Waals surface area (Å²) in [6.07, 6.45) is 7.44. The normalized spacial score (nSPS) is 13.9. The molecule has 0 N–H and O–H groups in total. The summed E-state index contributed by atoms with van der Waals surface area (Å²) in [6, 6.07) is 5.54. The molecule has 0 saturated heterocycles. The Morgan fingerprint density at radius 3 is 2.96 bits per heavy atom. The van der Waals surface area contributed by atoms with Crippen LogP contribution in [0.5, 0.6) is 11.5 Å². The molecule has 1 aromatic carbocycles. The van der Waals surface area contributed by atoms with Gasteiger partial charge in [0.05, 0.1) is 25.3 Å². The summed E-state index contributed by atoms with van der Waals surface area (Å²) in [5.74, 6) is 1.32.